The first-order valence-electron chi connectivity index (χ1n) is 49.0. The number of nitrogens with zero attached hydrogens (tertiary/aromatic N) is 18. The smallest absolute Gasteiger partial charge is 0.139 e. The highest BCUT2D eigenvalue weighted by molar-refractivity contribution is 5.67. The van der Waals surface area contributed by atoms with Gasteiger partial charge in [-0.2, -0.15) is 0 Å². The number of hydrogen-bond acceptors (Lipinski definition) is 24. The first-order valence-corrected chi connectivity index (χ1v) is 49.0. The Kier molecular flexibility index (Phi) is 22.0. The average Bonchev–Trinajstić information content (AvgIpc) is 1.41. The average molecular weight is 1810 g/mol. The Labute approximate surface area is 782 Å². The highest BCUT2D eigenvalue weighted by atomic mass is 16.3. The molecular weight excluding hydrogens is 1680 g/mol. The highest BCUT2D eigenvalue weighted by Gasteiger charge is 2.64. The number of imidazole rings is 6. The molecule has 20 aliphatic rings. The minimum Gasteiger partial charge on any atom is -0.388 e. The highest BCUT2D eigenvalue weighted by Crippen LogP contribution is 2.68. The van der Waals surface area contributed by atoms with E-state index < -0.39 is 30.5 Å². The van der Waals surface area contributed by atoms with Crippen molar-refractivity contribution in [1.29, 1.82) is 0 Å². The van der Waals surface area contributed by atoms with Crippen molar-refractivity contribution in [3.05, 3.63) is 179 Å². The number of aliphatic hydroxyl groups is 6. The summed E-state index contributed by atoms with van der Waals surface area (Å²) >= 11 is 0. The van der Waals surface area contributed by atoms with Crippen LogP contribution in [0.3, 0.4) is 0 Å². The van der Waals surface area contributed by atoms with Gasteiger partial charge in [0.2, 0.25) is 0 Å². The molecule has 20 aliphatic carbocycles. The van der Waals surface area contributed by atoms with E-state index in [1.165, 1.54) is 116 Å². The van der Waals surface area contributed by atoms with Crippen molar-refractivity contribution < 1.29 is 30.6 Å². The predicted octanol–water partition coefficient (Wildman–Crippen LogP) is 16.3. The van der Waals surface area contributed by atoms with Crippen molar-refractivity contribution in [3.8, 4) is 67.5 Å². The van der Waals surface area contributed by atoms with E-state index in [2.05, 4.69) is 99.5 Å². The summed E-state index contributed by atoms with van der Waals surface area (Å²) in [4.78, 5) is 53.9. The molecule has 0 amide bonds. The maximum Gasteiger partial charge on any atom is 0.139 e. The van der Waals surface area contributed by atoms with Gasteiger partial charge in [-0.25, -0.2) is 59.8 Å². The lowest BCUT2D eigenvalue weighted by Gasteiger charge is -2.62. The molecule has 0 radical (unpaired) electrons. The van der Waals surface area contributed by atoms with Crippen LogP contribution >= 0.6 is 0 Å². The summed E-state index contributed by atoms with van der Waals surface area (Å²) < 4.78 is 13.5. The van der Waals surface area contributed by atoms with Crippen LogP contribution in [0.15, 0.2) is 111 Å². The summed E-state index contributed by atoms with van der Waals surface area (Å²) in [7, 11) is 0. The molecule has 5 unspecified atom stereocenters. The molecule has 12 bridgehead atoms. The van der Waals surface area contributed by atoms with Crippen molar-refractivity contribution in [1.82, 2.24) is 87.2 Å². The monoisotopic (exact) mass is 1810 g/mol. The molecule has 12 heterocycles. The molecule has 20 saturated carbocycles. The Bertz CT molecular complexity index is 5920. The van der Waals surface area contributed by atoms with E-state index in [1.807, 2.05) is 113 Å². The predicted molar refractivity (Wildman–Crippen MR) is 516 cm³/mol. The fourth-order valence-corrected chi connectivity index (χ4v) is 23.5. The van der Waals surface area contributed by atoms with Crippen molar-refractivity contribution in [3.63, 3.8) is 0 Å². The van der Waals surface area contributed by atoms with E-state index in [9.17, 15) is 30.6 Å². The molecule has 30 nitrogen and oxygen atoms in total. The van der Waals surface area contributed by atoms with Crippen molar-refractivity contribution >= 4 is 34.9 Å². The molecule has 32 rings (SSSR count). The summed E-state index contributed by atoms with van der Waals surface area (Å²) in [6.07, 6.45) is 48.1. The molecule has 5 atom stereocenters. The van der Waals surface area contributed by atoms with E-state index >= 15 is 0 Å². The van der Waals surface area contributed by atoms with E-state index in [-0.39, 0.29) is 51.7 Å². The number of anilines is 6. The SMILES string of the molecule is CCC(O)c1nc(-c2cnc(N)c(C)c2)cn1C12CC(C1)C2.Cc1cc(-c2cn(C34CC(C3)C4)c(C(O)C(C)C)n2)cnc1N.Cc1cc(-c2cn(C34CC(C3)C4)c(C(O)C(C)C)n2)cnc1N.Cc1cc(-c2cn(C34CC(C3)C4)c(C(O)C3CC3)n2)cnc1N.Cc1cc(-c2cn(C34CC(C3)C4)c(C(O)C3CC3)n2)cnc1N.Cc1cc(-c2cn(C34CC(C3)C4)c(CO)n2)cnc1N. The number of aryl methyl sites for hydroxylation is 6. The van der Waals surface area contributed by atoms with E-state index in [0.29, 0.717) is 53.2 Å². The molecule has 0 saturated heterocycles. The zero-order valence-corrected chi connectivity index (χ0v) is 79.2. The van der Waals surface area contributed by atoms with E-state index in [4.69, 9.17) is 59.3 Å². The minimum atomic E-state index is -0.541. The van der Waals surface area contributed by atoms with Gasteiger partial charge in [0.1, 0.15) is 107 Å². The molecule has 12 aromatic heterocycles. The van der Waals surface area contributed by atoms with Crippen molar-refractivity contribution in [2.24, 2.45) is 59.2 Å². The van der Waals surface area contributed by atoms with Crippen LogP contribution in [-0.2, 0) is 39.8 Å². The number of rotatable bonds is 23. The molecule has 0 aliphatic heterocycles. The van der Waals surface area contributed by atoms with Gasteiger partial charge in [-0.3, -0.25) is 0 Å². The van der Waals surface area contributed by atoms with Crippen LogP contribution < -0.4 is 34.4 Å². The quantitative estimate of drug-likeness (QED) is 0.0283. The number of hydrogen-bond donors (Lipinski definition) is 12. The van der Waals surface area contributed by atoms with Crippen LogP contribution in [0.25, 0.3) is 67.5 Å². The first kappa shape index (κ1) is 89.3. The van der Waals surface area contributed by atoms with Crippen LogP contribution in [0.4, 0.5) is 34.9 Å². The second-order valence-corrected chi connectivity index (χ2v) is 44.0. The number of pyridine rings is 6. The Morgan fingerprint density at radius 2 is 0.507 bits per heavy atom. The Hall–Kier alpha value is -11.3. The van der Waals surface area contributed by atoms with Gasteiger partial charge in [-0.15, -0.1) is 0 Å². The molecule has 134 heavy (non-hydrogen) atoms. The zero-order valence-electron chi connectivity index (χ0n) is 79.2. The van der Waals surface area contributed by atoms with Crippen molar-refractivity contribution in [2.75, 3.05) is 34.4 Å². The van der Waals surface area contributed by atoms with Crippen LogP contribution in [0.5, 0.6) is 0 Å². The third kappa shape index (κ3) is 15.4. The molecular formula is C104H132N24O6. The molecule has 704 valence electrons. The molecule has 30 heteroatoms. The van der Waals surface area contributed by atoms with Gasteiger partial charge in [0.05, 0.1) is 34.2 Å². The van der Waals surface area contributed by atoms with Gasteiger partial charge in [0.15, 0.2) is 0 Å². The number of nitrogens with two attached hydrogens (primary N) is 6. The Morgan fingerprint density at radius 3 is 0.709 bits per heavy atom. The van der Waals surface area contributed by atoms with Crippen LogP contribution in [0.2, 0.25) is 0 Å². The topological polar surface area (TPSA) is 462 Å². The fourth-order valence-electron chi connectivity index (χ4n) is 23.5. The summed E-state index contributed by atoms with van der Waals surface area (Å²) in [6.45, 7) is 21.8. The first-order chi connectivity index (χ1) is 64.0. The molecule has 12 aromatic rings. The lowest BCUT2D eigenvalue weighted by molar-refractivity contribution is -0.0949. The van der Waals surface area contributed by atoms with Crippen LogP contribution in [0, 0.1) is 101 Å². The zero-order chi connectivity index (χ0) is 93.6. The number of nitrogen functional groups attached to an aromatic ring is 6. The molecule has 18 N–H and O–H groups in total. The number of aromatic nitrogens is 18. The standard InChI is InChI=1S/2C18H22N4O.2C18H24N4O.C17H22N4O.C15H18N4O/c2*1-10-4-13(8-20-16(10)19)14-9-22(18-5-11(6-18)7-18)17(21-14)15(23)12-2-3-12;2*1-10(2)15(23)17-21-14(13-4-11(3)16(19)20-8-13)9-22(17)18-5-12(6-18)7-18;1-3-14(22)16-20-13(12-4-10(2)15(18)19-8-12)9-21(16)17-5-11(6-17)7-17;1-9-2-11(6-17-14(9)16)12-7-19(13(8-20)18-12)15-3-10(4-15)5-15/h2*4,8-9,11-12,15,23H,2-3,5-7H2,1H3,(H2,19,20);2*4,8-10,12,15,23H,5-7H2,1-3H3,(H2,19,20);4,8-9,11,14,22H,3,5-7H2,1-2H3,(H2,18,19);2,6-7,10,20H,3-5,8H2,1H3,(H2,16,17). The molecule has 20 fully saturated rings. The summed E-state index contributed by atoms with van der Waals surface area (Å²) in [5.74, 6) is 14.6. The Morgan fingerprint density at radius 1 is 0.306 bits per heavy atom. The van der Waals surface area contributed by atoms with Gasteiger partial charge in [0, 0.05) is 141 Å². The molecule has 0 spiro atoms. The van der Waals surface area contributed by atoms with Crippen molar-refractivity contribution in [2.45, 2.75) is 294 Å². The van der Waals surface area contributed by atoms with Gasteiger partial charge in [-0.1, -0.05) is 34.6 Å². The second-order valence-electron chi connectivity index (χ2n) is 44.0. The summed E-state index contributed by atoms with van der Waals surface area (Å²) in [5, 5.41) is 62.5. The van der Waals surface area contributed by atoms with Crippen LogP contribution in [0.1, 0.15) is 281 Å². The normalized spacial score (nSPS) is 27.9. The molecule has 0 aromatic carbocycles. The van der Waals surface area contributed by atoms with E-state index in [0.717, 1.165) is 197 Å². The van der Waals surface area contributed by atoms with E-state index in [1.54, 1.807) is 37.2 Å². The summed E-state index contributed by atoms with van der Waals surface area (Å²) in [5.41, 5.74) is 53.0. The lowest BCUT2D eigenvalue weighted by atomic mass is 9.49. The Balaban J connectivity index is 0.0000000966. The van der Waals surface area contributed by atoms with Gasteiger partial charge in [0.25, 0.3) is 0 Å². The summed E-state index contributed by atoms with van der Waals surface area (Å²) in [6, 6.07) is 12.1. The maximum absolute atomic E-state index is 10.7. The largest absolute Gasteiger partial charge is 0.388 e. The van der Waals surface area contributed by atoms with Gasteiger partial charge < -0.3 is 92.4 Å². The fraction of sp³-hybridized carbons (Fsp3) is 0.538. The van der Waals surface area contributed by atoms with Gasteiger partial charge >= 0.3 is 0 Å². The van der Waals surface area contributed by atoms with Crippen LogP contribution in [-0.4, -0.2) is 118 Å². The maximum atomic E-state index is 10.7. The minimum absolute atomic E-state index is 0.0200. The third-order valence-electron chi connectivity index (χ3n) is 33.3. The van der Waals surface area contributed by atoms with Gasteiger partial charge in [-0.05, 0) is 318 Å². The second kappa shape index (κ2) is 33.0. The number of aliphatic hydroxyl groups excluding tert-OH is 6. The third-order valence-corrected chi connectivity index (χ3v) is 33.3. The lowest BCUT2D eigenvalue weighted by Crippen LogP contribution is -2.59.